The molecule has 0 unspecified atom stereocenters. The Hall–Kier alpha value is -1.11. The van der Waals surface area contributed by atoms with Crippen molar-refractivity contribution in [1.82, 2.24) is 0 Å². The zero-order valence-electron chi connectivity index (χ0n) is 10.1. The molecule has 0 aliphatic carbocycles. The van der Waals surface area contributed by atoms with Crippen LogP contribution < -0.4 is 10.2 Å². The van der Waals surface area contributed by atoms with E-state index in [2.05, 4.69) is 0 Å². The first kappa shape index (κ1) is 14.0. The summed E-state index contributed by atoms with van der Waals surface area (Å²) in [5.74, 6) is -0.803. The molecule has 1 aromatic rings. The Bertz CT molecular complexity index is 384. The number of hydrogen-bond acceptors (Lipinski definition) is 4. The molecule has 4 nitrogen and oxygen atoms in total. The van der Waals surface area contributed by atoms with E-state index in [1.165, 1.54) is 19.2 Å². The van der Waals surface area contributed by atoms with Gasteiger partial charge < -0.3 is 19.5 Å². The van der Waals surface area contributed by atoms with E-state index in [1.807, 2.05) is 6.92 Å². The monoisotopic (exact) mass is 242 g/mol. The van der Waals surface area contributed by atoms with E-state index in [1.54, 1.807) is 7.11 Å². The first-order valence-corrected chi connectivity index (χ1v) is 5.23. The average Bonchev–Trinajstić information content (AvgIpc) is 2.28. The predicted molar refractivity (Wildman–Crippen MR) is 63.1 cm³/mol. The van der Waals surface area contributed by atoms with Crippen LogP contribution in [0.2, 0.25) is 0 Å². The molecule has 6 heteroatoms. The fraction of sp³-hybridized carbons (Fsp3) is 0.455. The van der Waals surface area contributed by atoms with Crippen LogP contribution in [-0.4, -0.2) is 38.0 Å². The Morgan fingerprint density at radius 1 is 1.35 bits per heavy atom. The van der Waals surface area contributed by atoms with Gasteiger partial charge in [-0.25, -0.2) is 4.39 Å². The second-order valence-corrected chi connectivity index (χ2v) is 3.86. The highest BCUT2D eigenvalue weighted by molar-refractivity contribution is 6.59. The summed E-state index contributed by atoms with van der Waals surface area (Å²) in [5, 5.41) is 18.3. The smallest absolute Gasteiger partial charge is 0.492 e. The molecular weight excluding hydrogens is 226 g/mol. The lowest BCUT2D eigenvalue weighted by Gasteiger charge is -2.15. The fourth-order valence-electron chi connectivity index (χ4n) is 1.67. The molecule has 0 fully saturated rings. The van der Waals surface area contributed by atoms with E-state index < -0.39 is 12.9 Å². The van der Waals surface area contributed by atoms with Gasteiger partial charge in [0.05, 0.1) is 13.7 Å². The minimum Gasteiger partial charge on any atom is -0.494 e. The minimum absolute atomic E-state index is 0.0189. The van der Waals surface area contributed by atoms with E-state index in [4.69, 9.17) is 9.47 Å². The molecule has 2 N–H and O–H groups in total. The van der Waals surface area contributed by atoms with Crippen molar-refractivity contribution in [1.29, 1.82) is 0 Å². The molecule has 1 atom stereocenters. The van der Waals surface area contributed by atoms with Gasteiger partial charge in [-0.05, 0) is 11.6 Å². The topological polar surface area (TPSA) is 58.9 Å². The van der Waals surface area contributed by atoms with Crippen LogP contribution in [-0.2, 0) is 4.74 Å². The van der Waals surface area contributed by atoms with Crippen molar-refractivity contribution in [2.24, 2.45) is 0 Å². The van der Waals surface area contributed by atoms with Crippen molar-refractivity contribution < 1.29 is 23.9 Å². The Kier molecular flexibility index (Phi) is 4.93. The predicted octanol–water partition coefficient (Wildman–Crippen LogP) is 0.264. The number of rotatable bonds is 5. The van der Waals surface area contributed by atoms with E-state index in [9.17, 15) is 14.4 Å². The van der Waals surface area contributed by atoms with Crippen LogP contribution in [0.4, 0.5) is 4.39 Å². The summed E-state index contributed by atoms with van der Waals surface area (Å²) in [6.45, 7) is 2.28. The Balaban J connectivity index is 3.19. The molecular formula is C11H16BFO4. The maximum atomic E-state index is 13.7. The molecule has 1 rings (SSSR count). The molecule has 0 aliphatic rings. The number of methoxy groups -OCH3 is 2. The third-order valence-electron chi connectivity index (χ3n) is 2.56. The van der Waals surface area contributed by atoms with Gasteiger partial charge in [0.15, 0.2) is 11.6 Å². The molecule has 0 saturated heterocycles. The van der Waals surface area contributed by atoms with Gasteiger partial charge in [-0.15, -0.1) is 0 Å². The van der Waals surface area contributed by atoms with Crippen molar-refractivity contribution in [3.05, 3.63) is 23.5 Å². The maximum Gasteiger partial charge on any atom is 0.492 e. The first-order valence-electron chi connectivity index (χ1n) is 5.23. The van der Waals surface area contributed by atoms with Crippen LogP contribution in [0.3, 0.4) is 0 Å². The third-order valence-corrected chi connectivity index (χ3v) is 2.56. The molecule has 0 amide bonds. The maximum absolute atomic E-state index is 13.7. The van der Waals surface area contributed by atoms with Crippen molar-refractivity contribution in [2.45, 2.75) is 12.8 Å². The highest BCUT2D eigenvalue weighted by atomic mass is 19.1. The molecule has 0 aliphatic heterocycles. The fourth-order valence-corrected chi connectivity index (χ4v) is 1.67. The van der Waals surface area contributed by atoms with E-state index in [0.717, 1.165) is 0 Å². The molecule has 1 aromatic carbocycles. The highest BCUT2D eigenvalue weighted by Crippen LogP contribution is 2.21. The van der Waals surface area contributed by atoms with Crippen LogP contribution in [0.25, 0.3) is 0 Å². The molecule has 94 valence electrons. The largest absolute Gasteiger partial charge is 0.494 e. The summed E-state index contributed by atoms with van der Waals surface area (Å²) in [6, 6.07) is 2.82. The lowest BCUT2D eigenvalue weighted by molar-refractivity contribution is 0.184. The van der Waals surface area contributed by atoms with Crippen LogP contribution in [0.15, 0.2) is 12.1 Å². The van der Waals surface area contributed by atoms with E-state index in [-0.39, 0.29) is 17.1 Å². The van der Waals surface area contributed by atoms with Gasteiger partial charge in [0.25, 0.3) is 0 Å². The minimum atomic E-state index is -1.77. The van der Waals surface area contributed by atoms with Crippen molar-refractivity contribution >= 4 is 12.6 Å². The molecule has 0 saturated carbocycles. The number of halogens is 1. The summed E-state index contributed by atoms with van der Waals surface area (Å²) in [6.07, 6.45) is 0. The summed E-state index contributed by atoms with van der Waals surface area (Å²) < 4.78 is 23.5. The summed E-state index contributed by atoms with van der Waals surface area (Å²) >= 11 is 0. The van der Waals surface area contributed by atoms with E-state index >= 15 is 0 Å². The lowest BCUT2D eigenvalue weighted by Crippen LogP contribution is -2.32. The molecule has 0 aromatic heterocycles. The van der Waals surface area contributed by atoms with E-state index in [0.29, 0.717) is 12.2 Å². The standard InChI is InChI=1S/C11H16BFO4/c1-7(6-16-2)8-4-9(12(14)15)11(17-3)10(13)5-8/h4-5,7,14-15H,6H2,1-3H3/t7-/m1/s1. The van der Waals surface area contributed by atoms with Crippen LogP contribution in [0.1, 0.15) is 18.4 Å². The Labute approximate surface area is 100 Å². The van der Waals surface area contributed by atoms with Gasteiger partial charge in [0, 0.05) is 18.5 Å². The van der Waals surface area contributed by atoms with Crippen molar-refractivity contribution in [2.75, 3.05) is 20.8 Å². The van der Waals surface area contributed by atoms with Crippen molar-refractivity contribution in [3.8, 4) is 5.75 Å². The van der Waals surface area contributed by atoms with Gasteiger partial charge in [-0.2, -0.15) is 0 Å². The van der Waals surface area contributed by atoms with Gasteiger partial charge >= 0.3 is 7.12 Å². The summed E-state index contributed by atoms with van der Waals surface area (Å²) in [4.78, 5) is 0. The van der Waals surface area contributed by atoms with Crippen LogP contribution in [0, 0.1) is 5.82 Å². The quantitative estimate of drug-likeness (QED) is 0.727. The normalized spacial score (nSPS) is 12.4. The molecule has 17 heavy (non-hydrogen) atoms. The summed E-state index contributed by atoms with van der Waals surface area (Å²) in [5.41, 5.74) is 0.652. The average molecular weight is 242 g/mol. The zero-order valence-corrected chi connectivity index (χ0v) is 10.1. The van der Waals surface area contributed by atoms with Gasteiger partial charge in [-0.3, -0.25) is 0 Å². The SMILES string of the molecule is COC[C@@H](C)c1cc(F)c(OC)c(B(O)O)c1. The number of ether oxygens (including phenoxy) is 2. The van der Waals surface area contributed by atoms with Crippen LogP contribution in [0.5, 0.6) is 5.75 Å². The van der Waals surface area contributed by atoms with Gasteiger partial charge in [0.1, 0.15) is 0 Å². The molecule has 0 spiro atoms. The first-order chi connectivity index (χ1) is 8.01. The number of benzene rings is 1. The Morgan fingerprint density at radius 3 is 2.47 bits per heavy atom. The van der Waals surface area contributed by atoms with Crippen LogP contribution >= 0.6 is 0 Å². The highest BCUT2D eigenvalue weighted by Gasteiger charge is 2.22. The lowest BCUT2D eigenvalue weighted by atomic mass is 9.77. The second-order valence-electron chi connectivity index (χ2n) is 3.86. The molecule has 0 radical (unpaired) electrons. The summed E-state index contributed by atoms with van der Waals surface area (Å²) in [7, 11) is 1.06. The van der Waals surface area contributed by atoms with Crippen molar-refractivity contribution in [3.63, 3.8) is 0 Å². The van der Waals surface area contributed by atoms with Gasteiger partial charge in [0.2, 0.25) is 0 Å². The molecule has 0 bridgehead atoms. The van der Waals surface area contributed by atoms with Gasteiger partial charge in [-0.1, -0.05) is 13.0 Å². The molecule has 0 heterocycles. The number of hydrogen-bond donors (Lipinski definition) is 2. The zero-order chi connectivity index (χ0) is 13.0. The second kappa shape index (κ2) is 6.00. The third kappa shape index (κ3) is 3.18. The Morgan fingerprint density at radius 2 is 2.00 bits per heavy atom.